The molecule has 0 saturated heterocycles. The summed E-state index contributed by atoms with van der Waals surface area (Å²) >= 11 is 0. The smallest absolute Gasteiger partial charge is 0.350 e. The van der Waals surface area contributed by atoms with Crippen molar-refractivity contribution < 1.29 is 19.0 Å². The Hall–Kier alpha value is -2.99. The number of nitriles is 2. The molecule has 0 N–H and O–H groups in total. The lowest BCUT2D eigenvalue weighted by atomic mass is 10.0. The minimum atomic E-state index is -0.816. The van der Waals surface area contributed by atoms with Crippen LogP contribution in [0.5, 0.6) is 11.5 Å². The molecule has 2 rings (SSSR count). The third kappa shape index (κ3) is 2.40. The maximum atomic E-state index is 11.7. The molecule has 0 spiro atoms. The lowest BCUT2D eigenvalue weighted by Crippen LogP contribution is -2.08. The number of carbonyl (C=O) groups excluding carboxylic acids is 1. The van der Waals surface area contributed by atoms with E-state index in [1.807, 2.05) is 6.07 Å². The van der Waals surface area contributed by atoms with Gasteiger partial charge in [0.1, 0.15) is 12.1 Å². The molecule has 0 aliphatic carbocycles. The maximum Gasteiger partial charge on any atom is 0.350 e. The molecule has 1 heterocycles. The van der Waals surface area contributed by atoms with Gasteiger partial charge in [-0.2, -0.15) is 10.5 Å². The molecule has 0 aromatic heterocycles. The summed E-state index contributed by atoms with van der Waals surface area (Å²) in [4.78, 5) is 11.7. The predicted molar refractivity (Wildman–Crippen MR) is 67.3 cm³/mol. The van der Waals surface area contributed by atoms with Gasteiger partial charge in [-0.25, -0.2) is 4.79 Å². The fourth-order valence-electron chi connectivity index (χ4n) is 1.72. The van der Waals surface area contributed by atoms with E-state index >= 15 is 0 Å². The van der Waals surface area contributed by atoms with Gasteiger partial charge in [-0.15, -0.1) is 0 Å². The summed E-state index contributed by atoms with van der Waals surface area (Å²) in [6.45, 7) is 1.86. The largest absolute Gasteiger partial charge is 0.462 e. The van der Waals surface area contributed by atoms with Gasteiger partial charge in [0.2, 0.25) is 6.79 Å². The summed E-state index contributed by atoms with van der Waals surface area (Å²) in [6, 6.07) is 8.33. The van der Waals surface area contributed by atoms with Crippen LogP contribution in [-0.4, -0.2) is 19.4 Å². The highest BCUT2D eigenvalue weighted by Gasteiger charge is 2.21. The first-order valence-electron chi connectivity index (χ1n) is 5.82. The Balaban J connectivity index is 2.49. The average molecular weight is 270 g/mol. The molecule has 0 amide bonds. The van der Waals surface area contributed by atoms with Gasteiger partial charge in [0.05, 0.1) is 12.2 Å². The van der Waals surface area contributed by atoms with Crippen LogP contribution >= 0.6 is 0 Å². The van der Waals surface area contributed by atoms with Crippen LogP contribution in [-0.2, 0) is 9.53 Å². The molecule has 1 aromatic rings. The number of esters is 1. The number of allylic oxidation sites excluding steroid dienone is 1. The first kappa shape index (κ1) is 13.4. The molecular weight excluding hydrogens is 260 g/mol. The average Bonchev–Trinajstić information content (AvgIpc) is 2.92. The van der Waals surface area contributed by atoms with Crippen LogP contribution in [0.2, 0.25) is 0 Å². The fourth-order valence-corrected chi connectivity index (χ4v) is 1.72. The lowest BCUT2D eigenvalue weighted by molar-refractivity contribution is -0.137. The van der Waals surface area contributed by atoms with Gasteiger partial charge >= 0.3 is 5.97 Å². The Morgan fingerprint density at radius 1 is 1.30 bits per heavy atom. The molecule has 0 bridgehead atoms. The van der Waals surface area contributed by atoms with Gasteiger partial charge in [-0.05, 0) is 30.7 Å². The van der Waals surface area contributed by atoms with E-state index in [1.54, 1.807) is 31.2 Å². The highest BCUT2D eigenvalue weighted by Crippen LogP contribution is 2.35. The number of rotatable bonds is 3. The van der Waals surface area contributed by atoms with E-state index in [1.165, 1.54) is 0 Å². The fraction of sp³-hybridized carbons (Fsp3) is 0.214. The number of hydrogen-bond acceptors (Lipinski definition) is 6. The minimum Gasteiger partial charge on any atom is -0.462 e. The summed E-state index contributed by atoms with van der Waals surface area (Å²) in [5.74, 6) is 0.210. The highest BCUT2D eigenvalue weighted by molar-refractivity contribution is 6.04. The molecule has 0 unspecified atom stereocenters. The first-order chi connectivity index (χ1) is 9.71. The van der Waals surface area contributed by atoms with Crippen molar-refractivity contribution in [3.8, 4) is 23.6 Å². The molecule has 6 heteroatoms. The van der Waals surface area contributed by atoms with Gasteiger partial charge < -0.3 is 14.2 Å². The van der Waals surface area contributed by atoms with Crippen LogP contribution in [0.1, 0.15) is 12.5 Å². The molecular formula is C14H10N2O4. The zero-order chi connectivity index (χ0) is 14.5. The maximum absolute atomic E-state index is 11.7. The Kier molecular flexibility index (Phi) is 3.88. The van der Waals surface area contributed by atoms with Crippen molar-refractivity contribution in [3.63, 3.8) is 0 Å². The zero-order valence-corrected chi connectivity index (χ0v) is 10.7. The van der Waals surface area contributed by atoms with Gasteiger partial charge in [-0.1, -0.05) is 0 Å². The lowest BCUT2D eigenvalue weighted by Gasteiger charge is -2.04. The van der Waals surface area contributed by atoms with Crippen molar-refractivity contribution in [2.75, 3.05) is 13.4 Å². The van der Waals surface area contributed by atoms with Crippen molar-refractivity contribution in [2.24, 2.45) is 0 Å². The first-order valence-corrected chi connectivity index (χ1v) is 5.82. The van der Waals surface area contributed by atoms with Crippen molar-refractivity contribution in [3.05, 3.63) is 29.3 Å². The topological polar surface area (TPSA) is 92.3 Å². The molecule has 0 atom stereocenters. The van der Waals surface area contributed by atoms with Crippen molar-refractivity contribution >= 4 is 11.5 Å². The Morgan fingerprint density at radius 3 is 2.70 bits per heavy atom. The van der Waals surface area contributed by atoms with Crippen molar-refractivity contribution in [1.82, 2.24) is 0 Å². The van der Waals surface area contributed by atoms with E-state index in [2.05, 4.69) is 0 Å². The zero-order valence-electron chi connectivity index (χ0n) is 10.7. The monoisotopic (exact) mass is 270 g/mol. The molecule has 100 valence electrons. The van der Waals surface area contributed by atoms with Gasteiger partial charge in [0.25, 0.3) is 0 Å². The van der Waals surface area contributed by atoms with E-state index in [-0.39, 0.29) is 24.5 Å². The SMILES string of the molecule is CCOC(=O)C(C#N)=C(C#N)c1ccc2c(c1)OCO2. The van der Waals surface area contributed by atoms with Crippen LogP contribution in [0.25, 0.3) is 5.57 Å². The van der Waals surface area contributed by atoms with Gasteiger partial charge in [0.15, 0.2) is 17.1 Å². The predicted octanol–water partition coefficient (Wildman–Crippen LogP) is 1.78. The summed E-state index contributed by atoms with van der Waals surface area (Å²) in [6.07, 6.45) is 0. The third-order valence-corrected chi connectivity index (χ3v) is 2.61. The van der Waals surface area contributed by atoms with Crippen molar-refractivity contribution in [1.29, 1.82) is 10.5 Å². The van der Waals surface area contributed by atoms with E-state index in [9.17, 15) is 10.1 Å². The standard InChI is InChI=1S/C14H10N2O4/c1-2-18-14(17)11(7-16)10(6-15)9-3-4-12-13(5-9)20-8-19-12/h3-5H,2,8H2,1H3. The second-order valence-electron chi connectivity index (χ2n) is 3.76. The quantitative estimate of drug-likeness (QED) is 0.472. The van der Waals surface area contributed by atoms with Gasteiger partial charge in [-0.3, -0.25) is 0 Å². The molecule has 1 aromatic carbocycles. The Labute approximate surface area is 115 Å². The molecule has 0 saturated carbocycles. The second-order valence-corrected chi connectivity index (χ2v) is 3.76. The van der Waals surface area contributed by atoms with E-state index < -0.39 is 5.97 Å². The molecule has 6 nitrogen and oxygen atoms in total. The Bertz CT molecular complexity index is 665. The number of fused-ring (bicyclic) bond motifs is 1. The molecule has 20 heavy (non-hydrogen) atoms. The third-order valence-electron chi connectivity index (χ3n) is 2.61. The number of carbonyl (C=O) groups is 1. The van der Waals surface area contributed by atoms with E-state index in [0.29, 0.717) is 17.1 Å². The van der Waals surface area contributed by atoms with Crippen LogP contribution in [0.15, 0.2) is 23.8 Å². The van der Waals surface area contributed by atoms with Crippen LogP contribution < -0.4 is 9.47 Å². The van der Waals surface area contributed by atoms with E-state index in [0.717, 1.165) is 0 Å². The second kappa shape index (κ2) is 5.77. The number of ether oxygens (including phenoxy) is 3. The number of benzene rings is 1. The molecule has 0 fully saturated rings. The highest BCUT2D eigenvalue weighted by atomic mass is 16.7. The van der Waals surface area contributed by atoms with Crippen LogP contribution in [0.3, 0.4) is 0 Å². The van der Waals surface area contributed by atoms with Crippen LogP contribution in [0, 0.1) is 22.7 Å². The van der Waals surface area contributed by atoms with Crippen LogP contribution in [0.4, 0.5) is 0 Å². The Morgan fingerprint density at radius 2 is 2.05 bits per heavy atom. The number of nitrogens with zero attached hydrogens (tertiary/aromatic N) is 2. The summed E-state index contributed by atoms with van der Waals surface area (Å²) in [5.41, 5.74) is 0.0267. The minimum absolute atomic E-state index is 0.0516. The number of hydrogen-bond donors (Lipinski definition) is 0. The van der Waals surface area contributed by atoms with Gasteiger partial charge in [0, 0.05) is 0 Å². The summed E-state index contributed by atoms with van der Waals surface area (Å²) in [7, 11) is 0. The summed E-state index contributed by atoms with van der Waals surface area (Å²) in [5, 5.41) is 18.3. The molecule has 0 radical (unpaired) electrons. The van der Waals surface area contributed by atoms with Crippen molar-refractivity contribution in [2.45, 2.75) is 6.92 Å². The normalized spacial score (nSPS) is 12.9. The summed E-state index contributed by atoms with van der Waals surface area (Å²) < 4.78 is 15.1. The van der Waals surface area contributed by atoms with E-state index in [4.69, 9.17) is 19.5 Å². The molecule has 1 aliphatic rings. The molecule has 1 aliphatic heterocycles.